The molecule has 0 bridgehead atoms. The van der Waals surface area contributed by atoms with Crippen molar-refractivity contribution in [3.63, 3.8) is 0 Å². The molecule has 2 N–H and O–H groups in total. The van der Waals surface area contributed by atoms with Crippen molar-refractivity contribution < 1.29 is 23.8 Å². The Morgan fingerprint density at radius 1 is 1.10 bits per heavy atom. The maximum Gasteiger partial charge on any atom is 0.339 e. The van der Waals surface area contributed by atoms with Gasteiger partial charge in [-0.1, -0.05) is 30.3 Å². The lowest BCUT2D eigenvalue weighted by Gasteiger charge is -2.18. The van der Waals surface area contributed by atoms with Crippen molar-refractivity contribution >= 4 is 22.8 Å². The highest BCUT2D eigenvalue weighted by Gasteiger charge is 2.23. The first-order chi connectivity index (χ1) is 15.0. The minimum Gasteiger partial charge on any atom is -0.483 e. The van der Waals surface area contributed by atoms with Crippen LogP contribution in [0, 0.1) is 6.92 Å². The Hall–Kier alpha value is -3.61. The minimum atomic E-state index is -1.17. The highest BCUT2D eigenvalue weighted by molar-refractivity contribution is 5.87. The standard InChI is InChI=1S/C24H23NO6/c1-14-19(12-11-17-16-9-5-6-10-18(16)24(29)31-22(14)17)30-13-20(26)25-21(23(27)28)15-7-3-2-4-8-15/h2-4,7-8,11-12,21H,5-6,9-10,13H2,1H3,(H,25,26)(H,27,28)/t21-/m0/s1. The number of ether oxygens (including phenoxy) is 1. The number of nitrogens with one attached hydrogen (secondary N) is 1. The first kappa shape index (κ1) is 20.7. The molecule has 0 saturated heterocycles. The molecule has 1 amide bonds. The van der Waals surface area contributed by atoms with Crippen molar-refractivity contribution in [3.05, 3.63) is 75.1 Å². The second kappa shape index (κ2) is 8.63. The smallest absolute Gasteiger partial charge is 0.339 e. The van der Waals surface area contributed by atoms with E-state index in [-0.39, 0.29) is 12.2 Å². The van der Waals surface area contributed by atoms with Crippen LogP contribution in [0.5, 0.6) is 5.75 Å². The van der Waals surface area contributed by atoms with E-state index in [1.807, 2.05) is 6.07 Å². The summed E-state index contributed by atoms with van der Waals surface area (Å²) in [6, 6.07) is 10.9. The topological polar surface area (TPSA) is 106 Å². The Labute approximate surface area is 178 Å². The molecule has 1 aliphatic rings. The predicted molar refractivity (Wildman–Crippen MR) is 114 cm³/mol. The minimum absolute atomic E-state index is 0.313. The molecule has 0 spiro atoms. The van der Waals surface area contributed by atoms with Gasteiger partial charge in [0.1, 0.15) is 11.3 Å². The SMILES string of the molecule is Cc1c(OCC(=O)N[C@H](C(=O)O)c2ccccc2)ccc2c3c(c(=O)oc12)CCCC3. The van der Waals surface area contributed by atoms with Crippen LogP contribution in [0.3, 0.4) is 0 Å². The molecular weight excluding hydrogens is 398 g/mol. The molecule has 0 saturated carbocycles. The molecule has 7 heteroatoms. The van der Waals surface area contributed by atoms with E-state index in [4.69, 9.17) is 9.15 Å². The maximum atomic E-state index is 12.4. The van der Waals surface area contributed by atoms with Gasteiger partial charge in [0.2, 0.25) is 0 Å². The zero-order chi connectivity index (χ0) is 22.0. The number of hydrogen-bond donors (Lipinski definition) is 2. The van der Waals surface area contributed by atoms with Crippen molar-refractivity contribution in [2.75, 3.05) is 6.61 Å². The lowest BCUT2D eigenvalue weighted by Crippen LogP contribution is -2.36. The van der Waals surface area contributed by atoms with Crippen LogP contribution in [-0.2, 0) is 22.4 Å². The van der Waals surface area contributed by atoms with Crippen molar-refractivity contribution in [1.29, 1.82) is 0 Å². The number of hydrogen-bond acceptors (Lipinski definition) is 5. The van der Waals surface area contributed by atoms with Gasteiger partial charge in [-0.05, 0) is 55.9 Å². The predicted octanol–water partition coefficient (Wildman–Crippen LogP) is 3.30. The number of aliphatic carboxylic acids is 1. The average molecular weight is 421 g/mol. The number of amides is 1. The maximum absolute atomic E-state index is 12.4. The first-order valence-electron chi connectivity index (χ1n) is 10.2. The summed E-state index contributed by atoms with van der Waals surface area (Å²) >= 11 is 0. The number of carboxylic acids is 1. The van der Waals surface area contributed by atoms with Gasteiger partial charge in [-0.25, -0.2) is 9.59 Å². The van der Waals surface area contributed by atoms with E-state index >= 15 is 0 Å². The average Bonchev–Trinajstić information content (AvgIpc) is 2.78. The Bertz CT molecular complexity index is 1200. The number of carbonyl (C=O) groups is 2. The number of carboxylic acid groups (broad SMARTS) is 1. The molecule has 0 aliphatic heterocycles. The van der Waals surface area contributed by atoms with Crippen LogP contribution < -0.4 is 15.7 Å². The van der Waals surface area contributed by atoms with E-state index in [0.717, 1.165) is 42.2 Å². The van der Waals surface area contributed by atoms with E-state index in [2.05, 4.69) is 5.32 Å². The summed E-state index contributed by atoms with van der Waals surface area (Å²) in [4.78, 5) is 36.3. The third kappa shape index (κ3) is 4.17. The van der Waals surface area contributed by atoms with Crippen molar-refractivity contribution in [1.82, 2.24) is 5.32 Å². The molecule has 1 heterocycles. The van der Waals surface area contributed by atoms with E-state index in [1.54, 1.807) is 43.3 Å². The summed E-state index contributed by atoms with van der Waals surface area (Å²) in [6.45, 7) is 1.41. The van der Waals surface area contributed by atoms with Gasteiger partial charge in [-0.15, -0.1) is 0 Å². The summed E-state index contributed by atoms with van der Waals surface area (Å²) in [5.74, 6) is -1.32. The molecule has 2 aromatic carbocycles. The fraction of sp³-hybridized carbons (Fsp3) is 0.292. The van der Waals surface area contributed by atoms with Gasteiger partial charge in [0.25, 0.3) is 5.91 Å². The monoisotopic (exact) mass is 421 g/mol. The zero-order valence-corrected chi connectivity index (χ0v) is 17.1. The van der Waals surface area contributed by atoms with Crippen LogP contribution in [-0.4, -0.2) is 23.6 Å². The molecule has 7 nitrogen and oxygen atoms in total. The summed E-state index contributed by atoms with van der Waals surface area (Å²) < 4.78 is 11.2. The van der Waals surface area contributed by atoms with E-state index in [9.17, 15) is 19.5 Å². The summed E-state index contributed by atoms with van der Waals surface area (Å²) in [5, 5.41) is 12.8. The molecule has 31 heavy (non-hydrogen) atoms. The molecule has 4 rings (SSSR count). The van der Waals surface area contributed by atoms with Gasteiger partial charge in [-0.2, -0.15) is 0 Å². The molecule has 3 aromatic rings. The van der Waals surface area contributed by atoms with Gasteiger partial charge in [-0.3, -0.25) is 4.79 Å². The van der Waals surface area contributed by atoms with Gasteiger partial charge < -0.3 is 19.6 Å². The molecule has 160 valence electrons. The molecule has 0 radical (unpaired) electrons. The number of aryl methyl sites for hydroxylation is 2. The van der Waals surface area contributed by atoms with E-state index in [1.165, 1.54) is 0 Å². The molecular formula is C24H23NO6. The number of fused-ring (bicyclic) bond motifs is 3. The lowest BCUT2D eigenvalue weighted by molar-refractivity contribution is -0.142. The van der Waals surface area contributed by atoms with Crippen molar-refractivity contribution in [2.24, 2.45) is 0 Å². The summed E-state index contributed by atoms with van der Waals surface area (Å²) in [5.41, 5.74) is 3.05. The Kier molecular flexibility index (Phi) is 5.75. The number of carbonyl (C=O) groups excluding carboxylic acids is 1. The summed E-state index contributed by atoms with van der Waals surface area (Å²) in [7, 11) is 0. The van der Waals surface area contributed by atoms with Crippen LogP contribution in [0.4, 0.5) is 0 Å². The third-order valence-electron chi connectivity index (χ3n) is 5.63. The third-order valence-corrected chi connectivity index (χ3v) is 5.63. The molecule has 1 aliphatic carbocycles. The normalized spacial score (nSPS) is 14.0. The van der Waals surface area contributed by atoms with Gasteiger partial charge in [0, 0.05) is 16.5 Å². The first-order valence-corrected chi connectivity index (χ1v) is 10.2. The largest absolute Gasteiger partial charge is 0.483 e. The Morgan fingerprint density at radius 2 is 1.81 bits per heavy atom. The van der Waals surface area contributed by atoms with E-state index < -0.39 is 17.9 Å². The fourth-order valence-electron chi connectivity index (χ4n) is 4.06. The highest BCUT2D eigenvalue weighted by atomic mass is 16.5. The van der Waals surface area contributed by atoms with Crippen LogP contribution in [0.1, 0.15) is 41.1 Å². The second-order valence-electron chi connectivity index (χ2n) is 7.66. The number of rotatable bonds is 6. The van der Waals surface area contributed by atoms with Gasteiger partial charge in [0.05, 0.1) is 0 Å². The fourth-order valence-corrected chi connectivity index (χ4v) is 4.06. The van der Waals surface area contributed by atoms with E-state index in [0.29, 0.717) is 22.5 Å². The molecule has 1 atom stereocenters. The highest BCUT2D eigenvalue weighted by Crippen LogP contribution is 2.32. The Morgan fingerprint density at radius 3 is 2.52 bits per heavy atom. The molecule has 1 aromatic heterocycles. The molecule has 0 fully saturated rings. The zero-order valence-electron chi connectivity index (χ0n) is 17.1. The quantitative estimate of drug-likeness (QED) is 0.592. The van der Waals surface area contributed by atoms with Crippen LogP contribution in [0.15, 0.2) is 51.7 Å². The van der Waals surface area contributed by atoms with Gasteiger partial charge >= 0.3 is 11.6 Å². The molecule has 0 unspecified atom stereocenters. The van der Waals surface area contributed by atoms with Crippen LogP contribution >= 0.6 is 0 Å². The summed E-state index contributed by atoms with van der Waals surface area (Å²) in [6.07, 6.45) is 3.60. The van der Waals surface area contributed by atoms with Gasteiger partial charge in [0.15, 0.2) is 12.6 Å². The van der Waals surface area contributed by atoms with Crippen LogP contribution in [0.2, 0.25) is 0 Å². The number of benzene rings is 2. The van der Waals surface area contributed by atoms with Crippen LogP contribution in [0.25, 0.3) is 11.0 Å². The van der Waals surface area contributed by atoms with Crippen molar-refractivity contribution in [3.8, 4) is 5.75 Å². The lowest BCUT2D eigenvalue weighted by atomic mass is 9.90. The van der Waals surface area contributed by atoms with Crippen molar-refractivity contribution in [2.45, 2.75) is 38.6 Å². The Balaban J connectivity index is 1.52. The second-order valence-corrected chi connectivity index (χ2v) is 7.66.